The van der Waals surface area contributed by atoms with Crippen LogP contribution in [0.1, 0.15) is 36.5 Å². The van der Waals surface area contributed by atoms with Gasteiger partial charge in [0.1, 0.15) is 19.0 Å². The highest BCUT2D eigenvalue weighted by molar-refractivity contribution is 5.83. The maximum Gasteiger partial charge on any atom is 0.282 e. The van der Waals surface area contributed by atoms with E-state index < -0.39 is 0 Å². The van der Waals surface area contributed by atoms with E-state index in [1.165, 1.54) is 4.68 Å². The number of hydrogen-bond donors (Lipinski definition) is 0. The zero-order valence-corrected chi connectivity index (χ0v) is 20.2. The Bertz CT molecular complexity index is 1500. The minimum absolute atomic E-state index is 0.228. The molecule has 0 bridgehead atoms. The van der Waals surface area contributed by atoms with E-state index in [1.54, 1.807) is 19.4 Å². The van der Waals surface area contributed by atoms with E-state index in [4.69, 9.17) is 19.2 Å². The topological polar surface area (TPSA) is 74.9 Å². The number of rotatable bonds is 5. The Kier molecular flexibility index (Phi) is 5.99. The monoisotopic (exact) mass is 469 g/mol. The normalized spacial score (nSPS) is 13.1. The lowest BCUT2D eigenvalue weighted by Gasteiger charge is -2.18. The second-order valence-electron chi connectivity index (χ2n) is 8.78. The van der Waals surface area contributed by atoms with Gasteiger partial charge in [-0.3, -0.25) is 4.79 Å². The lowest BCUT2D eigenvalue weighted by Crippen LogP contribution is -2.21. The van der Waals surface area contributed by atoms with E-state index in [9.17, 15) is 4.79 Å². The third-order valence-electron chi connectivity index (χ3n) is 6.08. The Labute approximate surface area is 203 Å². The van der Waals surface area contributed by atoms with Crippen molar-refractivity contribution in [1.29, 1.82) is 0 Å². The molecule has 0 atom stereocenters. The molecule has 0 spiro atoms. The van der Waals surface area contributed by atoms with Gasteiger partial charge in [0.25, 0.3) is 5.56 Å². The number of para-hydroxylation sites is 1. The van der Waals surface area contributed by atoms with E-state index in [2.05, 4.69) is 18.9 Å². The van der Waals surface area contributed by atoms with E-state index in [0.29, 0.717) is 41.4 Å². The number of ether oxygens (including phenoxy) is 3. The molecule has 178 valence electrons. The lowest BCUT2D eigenvalue weighted by molar-refractivity contribution is 0.171. The highest BCUT2D eigenvalue weighted by Gasteiger charge is 2.18. The summed E-state index contributed by atoms with van der Waals surface area (Å²) in [5, 5.41) is 5.10. The zero-order chi connectivity index (χ0) is 24.5. The summed E-state index contributed by atoms with van der Waals surface area (Å²) in [6.45, 7) is 7.23. The van der Waals surface area contributed by atoms with Crippen molar-refractivity contribution >= 4 is 17.1 Å². The molecule has 0 saturated carbocycles. The number of aryl methyl sites for hydroxylation is 1. The molecule has 7 nitrogen and oxygen atoms in total. The van der Waals surface area contributed by atoms with E-state index in [1.807, 2.05) is 55.5 Å². The molecule has 2 heterocycles. The molecular formula is C28H27N3O4. The van der Waals surface area contributed by atoms with Gasteiger partial charge in [-0.1, -0.05) is 26.0 Å². The van der Waals surface area contributed by atoms with Gasteiger partial charge >= 0.3 is 0 Å². The molecule has 7 heteroatoms. The summed E-state index contributed by atoms with van der Waals surface area (Å²) in [5.41, 5.74) is 3.99. The van der Waals surface area contributed by atoms with Crippen LogP contribution in [0, 0.1) is 6.92 Å². The van der Waals surface area contributed by atoms with Gasteiger partial charge in [0.05, 0.1) is 24.2 Å². The quantitative estimate of drug-likeness (QED) is 0.378. The average molecular weight is 470 g/mol. The molecule has 0 aliphatic carbocycles. The van der Waals surface area contributed by atoms with Crippen molar-refractivity contribution in [3.8, 4) is 28.6 Å². The molecule has 0 radical (unpaired) electrons. The Morgan fingerprint density at radius 3 is 2.60 bits per heavy atom. The second-order valence-corrected chi connectivity index (χ2v) is 8.78. The fraction of sp³-hybridized carbons (Fsp3) is 0.250. The van der Waals surface area contributed by atoms with Crippen LogP contribution in [0.2, 0.25) is 0 Å². The number of nitrogens with zero attached hydrogens (tertiary/aromatic N) is 3. The molecule has 35 heavy (non-hydrogen) atoms. The first-order chi connectivity index (χ1) is 17.0. The average Bonchev–Trinajstić information content (AvgIpc) is 2.87. The molecule has 0 N–H and O–H groups in total. The highest BCUT2D eigenvalue weighted by atomic mass is 16.6. The van der Waals surface area contributed by atoms with Gasteiger partial charge in [-0.2, -0.15) is 9.78 Å². The smallest absolute Gasteiger partial charge is 0.282 e. The summed E-state index contributed by atoms with van der Waals surface area (Å²) in [5.74, 6) is 2.89. The summed E-state index contributed by atoms with van der Waals surface area (Å²) >= 11 is 0. The third kappa shape index (κ3) is 4.25. The van der Waals surface area contributed by atoms with Crippen LogP contribution < -0.4 is 19.8 Å². The van der Waals surface area contributed by atoms with Crippen LogP contribution in [0.5, 0.6) is 17.2 Å². The van der Waals surface area contributed by atoms with Crippen LogP contribution in [-0.4, -0.2) is 36.2 Å². The fourth-order valence-corrected chi connectivity index (χ4v) is 4.24. The Morgan fingerprint density at radius 1 is 1.06 bits per heavy atom. The summed E-state index contributed by atoms with van der Waals surface area (Å²) in [6.07, 6.45) is 1.64. The Hall–Kier alpha value is -4.13. The zero-order valence-electron chi connectivity index (χ0n) is 20.2. The minimum atomic E-state index is -0.235. The minimum Gasteiger partial charge on any atom is -0.496 e. The van der Waals surface area contributed by atoms with Crippen LogP contribution in [0.25, 0.3) is 22.3 Å². The first-order valence-corrected chi connectivity index (χ1v) is 11.6. The molecule has 1 aliphatic heterocycles. The highest BCUT2D eigenvalue weighted by Crippen LogP contribution is 2.34. The summed E-state index contributed by atoms with van der Waals surface area (Å²) in [6, 6.07) is 16.9. The van der Waals surface area contributed by atoms with Crippen LogP contribution in [-0.2, 0) is 0 Å². The first kappa shape index (κ1) is 22.7. The summed E-state index contributed by atoms with van der Waals surface area (Å²) in [7, 11) is 1.67. The number of benzene rings is 3. The van der Waals surface area contributed by atoms with Crippen molar-refractivity contribution in [2.24, 2.45) is 5.10 Å². The van der Waals surface area contributed by atoms with Crippen molar-refractivity contribution in [3.63, 3.8) is 0 Å². The van der Waals surface area contributed by atoms with E-state index >= 15 is 0 Å². The maximum absolute atomic E-state index is 13.6. The van der Waals surface area contributed by atoms with Crippen molar-refractivity contribution in [2.75, 3.05) is 20.3 Å². The summed E-state index contributed by atoms with van der Waals surface area (Å²) in [4.78, 5) is 18.4. The van der Waals surface area contributed by atoms with Crippen LogP contribution in [0.15, 0.2) is 64.5 Å². The van der Waals surface area contributed by atoms with Crippen molar-refractivity contribution in [2.45, 2.75) is 26.7 Å². The number of hydrogen-bond acceptors (Lipinski definition) is 6. The first-order valence-electron chi connectivity index (χ1n) is 11.6. The molecule has 1 aromatic heterocycles. The van der Waals surface area contributed by atoms with Gasteiger partial charge in [-0.25, -0.2) is 4.98 Å². The van der Waals surface area contributed by atoms with Crippen molar-refractivity contribution in [3.05, 3.63) is 81.6 Å². The van der Waals surface area contributed by atoms with Gasteiger partial charge in [0.15, 0.2) is 17.3 Å². The lowest BCUT2D eigenvalue weighted by atomic mass is 9.96. The van der Waals surface area contributed by atoms with Crippen LogP contribution in [0.4, 0.5) is 0 Å². The second kappa shape index (κ2) is 9.25. The molecule has 0 saturated heterocycles. The van der Waals surface area contributed by atoms with Gasteiger partial charge in [0, 0.05) is 5.56 Å². The van der Waals surface area contributed by atoms with Gasteiger partial charge in [-0.05, 0) is 72.0 Å². The van der Waals surface area contributed by atoms with E-state index in [-0.39, 0.29) is 11.5 Å². The largest absolute Gasteiger partial charge is 0.496 e. The molecular weight excluding hydrogens is 442 g/mol. The Morgan fingerprint density at radius 2 is 1.83 bits per heavy atom. The summed E-state index contributed by atoms with van der Waals surface area (Å²) < 4.78 is 18.3. The maximum atomic E-state index is 13.6. The number of fused-ring (bicyclic) bond motifs is 2. The van der Waals surface area contributed by atoms with Crippen LogP contribution in [0.3, 0.4) is 0 Å². The van der Waals surface area contributed by atoms with E-state index in [0.717, 1.165) is 28.0 Å². The third-order valence-corrected chi connectivity index (χ3v) is 6.08. The molecule has 5 rings (SSSR count). The molecule has 1 aliphatic rings. The molecule has 3 aromatic carbocycles. The van der Waals surface area contributed by atoms with Crippen LogP contribution >= 0.6 is 0 Å². The predicted molar refractivity (Wildman–Crippen MR) is 137 cm³/mol. The van der Waals surface area contributed by atoms with Gasteiger partial charge in [0.2, 0.25) is 0 Å². The molecule has 0 fully saturated rings. The van der Waals surface area contributed by atoms with Crippen molar-refractivity contribution in [1.82, 2.24) is 9.66 Å². The fourth-order valence-electron chi connectivity index (χ4n) is 4.24. The molecule has 4 aromatic rings. The SMILES string of the molecule is COc1cc(C)c(-c2nc3ccccc3c(=O)n2N=Cc2ccc3c(c2)OCCO3)cc1C(C)C. The van der Waals surface area contributed by atoms with Gasteiger partial charge < -0.3 is 14.2 Å². The van der Waals surface area contributed by atoms with Crippen molar-refractivity contribution < 1.29 is 14.2 Å². The molecule has 0 amide bonds. The standard InChI is InChI=1S/C28H27N3O4/c1-17(2)21-15-22(18(3)13-25(21)33-4)27-30-23-8-6-5-7-20(23)28(32)31(27)29-16-19-9-10-24-26(14-19)35-12-11-34-24/h5-10,13-17H,11-12H2,1-4H3. The number of aromatic nitrogens is 2. The number of methoxy groups -OCH3 is 1. The Balaban J connectivity index is 1.70. The predicted octanol–water partition coefficient (Wildman–Crippen LogP) is 5.16. The van der Waals surface area contributed by atoms with Gasteiger partial charge in [-0.15, -0.1) is 0 Å². The molecule has 0 unspecified atom stereocenters.